The van der Waals surface area contributed by atoms with E-state index in [1.54, 1.807) is 31.3 Å². The van der Waals surface area contributed by atoms with E-state index in [9.17, 15) is 10.2 Å². The van der Waals surface area contributed by atoms with Crippen LogP contribution in [-0.4, -0.2) is 29.9 Å². The van der Waals surface area contributed by atoms with Crippen molar-refractivity contribution in [2.45, 2.75) is 12.2 Å². The normalized spacial score (nSPS) is 14.3. The summed E-state index contributed by atoms with van der Waals surface area (Å²) in [6, 6.07) is 6.98. The maximum atomic E-state index is 9.78. The molecule has 0 spiro atoms. The molecular weight excluding hydrogens is 190 g/mol. The van der Waals surface area contributed by atoms with Crippen molar-refractivity contribution in [3.63, 3.8) is 0 Å². The number of terminal acetylenes is 1. The van der Waals surface area contributed by atoms with Crippen LogP contribution < -0.4 is 5.32 Å². The van der Waals surface area contributed by atoms with Gasteiger partial charge in [-0.3, -0.25) is 0 Å². The molecule has 3 N–H and O–H groups in total. The Balaban J connectivity index is 2.82. The summed E-state index contributed by atoms with van der Waals surface area (Å²) in [5.41, 5.74) is 1.33. The molecule has 15 heavy (non-hydrogen) atoms. The zero-order valence-electron chi connectivity index (χ0n) is 8.64. The minimum Gasteiger partial charge on any atom is -0.389 e. The molecule has 0 aliphatic heterocycles. The zero-order chi connectivity index (χ0) is 11.3. The molecule has 0 saturated heterocycles. The Kier molecular flexibility index (Phi) is 4.32. The van der Waals surface area contributed by atoms with Crippen molar-refractivity contribution in [1.82, 2.24) is 5.32 Å². The topological polar surface area (TPSA) is 52.5 Å². The first-order chi connectivity index (χ1) is 7.19. The Morgan fingerprint density at radius 2 is 2.20 bits per heavy atom. The molecule has 2 unspecified atom stereocenters. The molecule has 0 heterocycles. The van der Waals surface area contributed by atoms with Crippen LogP contribution in [0.25, 0.3) is 0 Å². The van der Waals surface area contributed by atoms with E-state index in [2.05, 4.69) is 11.2 Å². The lowest BCUT2D eigenvalue weighted by molar-refractivity contribution is 0.0202. The standard InChI is InChI=1S/C12H15NO2/c1-3-9-5-4-6-10(7-9)12(15)11(14)8-13-2/h1,4-7,11-15H,8H2,2H3. The van der Waals surface area contributed by atoms with Gasteiger partial charge in [0.2, 0.25) is 0 Å². The molecule has 1 rings (SSSR count). The van der Waals surface area contributed by atoms with Crippen molar-refractivity contribution >= 4 is 0 Å². The van der Waals surface area contributed by atoms with E-state index < -0.39 is 12.2 Å². The third kappa shape index (κ3) is 3.07. The summed E-state index contributed by atoms with van der Waals surface area (Å²) < 4.78 is 0. The van der Waals surface area contributed by atoms with Crippen LogP contribution in [0.2, 0.25) is 0 Å². The van der Waals surface area contributed by atoms with E-state index in [0.717, 1.165) is 0 Å². The molecule has 0 radical (unpaired) electrons. The molecule has 0 amide bonds. The number of hydrogen-bond acceptors (Lipinski definition) is 3. The Hall–Kier alpha value is -1.34. The molecule has 1 aromatic rings. The van der Waals surface area contributed by atoms with Gasteiger partial charge in [-0.15, -0.1) is 6.42 Å². The molecule has 80 valence electrons. The highest BCUT2D eigenvalue weighted by molar-refractivity contribution is 5.36. The van der Waals surface area contributed by atoms with Crippen molar-refractivity contribution in [3.05, 3.63) is 35.4 Å². The van der Waals surface area contributed by atoms with Crippen molar-refractivity contribution in [2.75, 3.05) is 13.6 Å². The molecule has 3 nitrogen and oxygen atoms in total. The highest BCUT2D eigenvalue weighted by atomic mass is 16.3. The van der Waals surface area contributed by atoms with Gasteiger partial charge in [0.25, 0.3) is 0 Å². The van der Waals surface area contributed by atoms with E-state index >= 15 is 0 Å². The van der Waals surface area contributed by atoms with Crippen LogP contribution >= 0.6 is 0 Å². The number of benzene rings is 1. The number of aliphatic hydroxyl groups excluding tert-OH is 2. The number of rotatable bonds is 4. The summed E-state index contributed by atoms with van der Waals surface area (Å²) >= 11 is 0. The van der Waals surface area contributed by atoms with Crippen molar-refractivity contribution in [1.29, 1.82) is 0 Å². The van der Waals surface area contributed by atoms with Gasteiger partial charge >= 0.3 is 0 Å². The fourth-order valence-electron chi connectivity index (χ4n) is 1.36. The smallest absolute Gasteiger partial charge is 0.106 e. The van der Waals surface area contributed by atoms with Crippen molar-refractivity contribution in [3.8, 4) is 12.3 Å². The molecule has 0 aliphatic carbocycles. The first kappa shape index (κ1) is 11.7. The van der Waals surface area contributed by atoms with Crippen LogP contribution in [0.15, 0.2) is 24.3 Å². The average molecular weight is 205 g/mol. The SMILES string of the molecule is C#Cc1cccc(C(O)C(O)CNC)c1. The Morgan fingerprint density at radius 1 is 1.47 bits per heavy atom. The van der Waals surface area contributed by atoms with Gasteiger partial charge < -0.3 is 15.5 Å². The first-order valence-corrected chi connectivity index (χ1v) is 4.76. The number of hydrogen-bond donors (Lipinski definition) is 3. The molecule has 0 aromatic heterocycles. The van der Waals surface area contributed by atoms with Gasteiger partial charge in [0.15, 0.2) is 0 Å². The molecule has 0 fully saturated rings. The fourth-order valence-corrected chi connectivity index (χ4v) is 1.36. The Morgan fingerprint density at radius 3 is 2.80 bits per heavy atom. The predicted molar refractivity (Wildman–Crippen MR) is 59.3 cm³/mol. The van der Waals surface area contributed by atoms with Crippen LogP contribution in [0.1, 0.15) is 17.2 Å². The van der Waals surface area contributed by atoms with Gasteiger partial charge in [0.05, 0.1) is 6.10 Å². The highest BCUT2D eigenvalue weighted by Gasteiger charge is 2.17. The molecule has 3 heteroatoms. The second-order valence-electron chi connectivity index (χ2n) is 3.34. The van der Waals surface area contributed by atoms with Gasteiger partial charge in [0, 0.05) is 12.1 Å². The van der Waals surface area contributed by atoms with Crippen LogP contribution in [-0.2, 0) is 0 Å². The maximum absolute atomic E-state index is 9.78. The van der Waals surface area contributed by atoms with Crippen molar-refractivity contribution < 1.29 is 10.2 Å². The zero-order valence-corrected chi connectivity index (χ0v) is 8.64. The van der Waals surface area contributed by atoms with Crippen LogP contribution in [0.4, 0.5) is 0 Å². The average Bonchev–Trinajstić information content (AvgIpc) is 2.28. The molecule has 0 aliphatic rings. The summed E-state index contributed by atoms with van der Waals surface area (Å²) in [6.07, 6.45) is 3.51. The summed E-state index contributed by atoms with van der Waals surface area (Å²) in [4.78, 5) is 0. The first-order valence-electron chi connectivity index (χ1n) is 4.76. The van der Waals surface area contributed by atoms with Gasteiger partial charge in [-0.25, -0.2) is 0 Å². The van der Waals surface area contributed by atoms with Gasteiger partial charge in [-0.1, -0.05) is 18.1 Å². The molecule has 0 bridgehead atoms. The highest BCUT2D eigenvalue weighted by Crippen LogP contribution is 2.17. The van der Waals surface area contributed by atoms with E-state index in [4.69, 9.17) is 6.42 Å². The van der Waals surface area contributed by atoms with Crippen LogP contribution in [0.5, 0.6) is 0 Å². The molecule has 1 aromatic carbocycles. The van der Waals surface area contributed by atoms with Crippen LogP contribution in [0, 0.1) is 12.3 Å². The summed E-state index contributed by atoms with van der Waals surface area (Å²) in [5, 5.41) is 22.1. The number of aliphatic hydroxyl groups is 2. The third-order valence-electron chi connectivity index (χ3n) is 2.17. The monoisotopic (exact) mass is 205 g/mol. The quantitative estimate of drug-likeness (QED) is 0.619. The predicted octanol–water partition coefficient (Wildman–Crippen LogP) is 0.282. The summed E-state index contributed by atoms with van der Waals surface area (Å²) in [7, 11) is 1.72. The third-order valence-corrected chi connectivity index (χ3v) is 2.17. The Labute approximate surface area is 89.8 Å². The van der Waals surface area contributed by atoms with E-state index in [-0.39, 0.29) is 0 Å². The van der Waals surface area contributed by atoms with Gasteiger partial charge in [-0.2, -0.15) is 0 Å². The maximum Gasteiger partial charge on any atom is 0.106 e. The van der Waals surface area contributed by atoms with E-state index in [1.165, 1.54) is 0 Å². The summed E-state index contributed by atoms with van der Waals surface area (Å²) in [5.74, 6) is 2.48. The largest absolute Gasteiger partial charge is 0.389 e. The van der Waals surface area contributed by atoms with Crippen molar-refractivity contribution in [2.24, 2.45) is 0 Å². The summed E-state index contributed by atoms with van der Waals surface area (Å²) in [6.45, 7) is 0.335. The molecule has 0 saturated carbocycles. The lowest BCUT2D eigenvalue weighted by Gasteiger charge is -2.17. The van der Waals surface area contributed by atoms with Crippen LogP contribution in [0.3, 0.4) is 0 Å². The lowest BCUT2D eigenvalue weighted by Crippen LogP contribution is -2.29. The molecule has 2 atom stereocenters. The van der Waals surface area contributed by atoms with E-state index in [1.807, 2.05) is 0 Å². The minimum atomic E-state index is -0.911. The van der Waals surface area contributed by atoms with Gasteiger partial charge in [-0.05, 0) is 24.7 Å². The second kappa shape index (κ2) is 5.52. The minimum absolute atomic E-state index is 0.335. The van der Waals surface area contributed by atoms with E-state index in [0.29, 0.717) is 17.7 Å². The fraction of sp³-hybridized carbons (Fsp3) is 0.333. The van der Waals surface area contributed by atoms with Gasteiger partial charge in [0.1, 0.15) is 6.10 Å². The number of likely N-dealkylation sites (N-methyl/N-ethyl adjacent to an activating group) is 1. The second-order valence-corrected chi connectivity index (χ2v) is 3.34. The Bertz CT molecular complexity index is 357. The number of nitrogens with one attached hydrogen (secondary N) is 1. The lowest BCUT2D eigenvalue weighted by atomic mass is 10.0. The molecular formula is C12H15NO2.